The fourth-order valence-electron chi connectivity index (χ4n) is 0.882. The van der Waals surface area contributed by atoms with E-state index in [9.17, 15) is 0 Å². The molecule has 0 aromatic carbocycles. The van der Waals surface area contributed by atoms with E-state index in [4.69, 9.17) is 10.3 Å². The minimum absolute atomic E-state index is 0.559. The molecule has 2 N–H and O–H groups in total. The van der Waals surface area contributed by atoms with Crippen molar-refractivity contribution in [3.8, 4) is 0 Å². The molecule has 1 aromatic rings. The third-order valence-corrected chi connectivity index (χ3v) is 2.61. The van der Waals surface area contributed by atoms with Gasteiger partial charge in [-0.1, -0.05) is 12.1 Å². The van der Waals surface area contributed by atoms with Crippen LogP contribution < -0.4 is 5.73 Å². The van der Waals surface area contributed by atoms with Crippen molar-refractivity contribution in [3.05, 3.63) is 11.7 Å². The zero-order chi connectivity index (χ0) is 9.52. The van der Waals surface area contributed by atoms with Crippen LogP contribution in [0.25, 0.3) is 0 Å². The van der Waals surface area contributed by atoms with E-state index in [1.807, 2.05) is 11.8 Å². The Balaban J connectivity index is 2.31. The summed E-state index contributed by atoms with van der Waals surface area (Å²) in [6.45, 7) is 2.72. The van der Waals surface area contributed by atoms with Gasteiger partial charge in [0, 0.05) is 13.0 Å². The van der Waals surface area contributed by atoms with Crippen molar-refractivity contribution in [1.29, 1.82) is 0 Å². The van der Waals surface area contributed by atoms with Crippen LogP contribution >= 0.6 is 11.8 Å². The lowest BCUT2D eigenvalue weighted by Crippen LogP contribution is -2.02. The summed E-state index contributed by atoms with van der Waals surface area (Å²) in [6, 6.07) is 0. The highest BCUT2D eigenvalue weighted by Crippen LogP contribution is 2.10. The zero-order valence-corrected chi connectivity index (χ0v) is 8.64. The van der Waals surface area contributed by atoms with Crippen molar-refractivity contribution in [2.75, 3.05) is 12.3 Å². The topological polar surface area (TPSA) is 64.9 Å². The van der Waals surface area contributed by atoms with Crippen LogP contribution in [0.5, 0.6) is 0 Å². The van der Waals surface area contributed by atoms with Gasteiger partial charge in [0.1, 0.15) is 0 Å². The molecule has 0 aliphatic rings. The Hall–Kier alpha value is -0.550. The number of hydrogen-bond acceptors (Lipinski definition) is 5. The summed E-state index contributed by atoms with van der Waals surface area (Å²) in [5.74, 6) is 3.40. The predicted octanol–water partition coefficient (Wildman–Crippen LogP) is 1.21. The van der Waals surface area contributed by atoms with Gasteiger partial charge < -0.3 is 10.3 Å². The average Bonchev–Trinajstić information content (AvgIpc) is 2.54. The molecule has 0 amide bonds. The molecule has 0 bridgehead atoms. The zero-order valence-electron chi connectivity index (χ0n) is 7.82. The molecule has 13 heavy (non-hydrogen) atoms. The normalized spacial score (nSPS) is 10.6. The minimum atomic E-state index is 0.559. The number of rotatable bonds is 6. The molecule has 0 aliphatic carbocycles. The summed E-state index contributed by atoms with van der Waals surface area (Å²) in [5.41, 5.74) is 5.36. The molecular formula is C8H15N3OS. The monoisotopic (exact) mass is 201 g/mol. The van der Waals surface area contributed by atoms with Gasteiger partial charge in [0.2, 0.25) is 5.89 Å². The maximum absolute atomic E-state index is 5.36. The Morgan fingerprint density at radius 3 is 3.08 bits per heavy atom. The van der Waals surface area contributed by atoms with Crippen molar-refractivity contribution in [3.63, 3.8) is 0 Å². The molecule has 0 aliphatic heterocycles. The molecule has 0 radical (unpaired) electrons. The maximum atomic E-state index is 5.36. The fourth-order valence-corrected chi connectivity index (χ4v) is 1.61. The Morgan fingerprint density at radius 2 is 2.38 bits per heavy atom. The van der Waals surface area contributed by atoms with E-state index in [-0.39, 0.29) is 0 Å². The molecule has 1 heterocycles. The highest BCUT2D eigenvalue weighted by Gasteiger charge is 2.04. The standard InChI is InChI=1S/C8H15N3OS/c1-2-5-13-6-7-10-8(3-4-9)12-11-7/h2-6,9H2,1H3. The van der Waals surface area contributed by atoms with E-state index in [0.717, 1.165) is 17.3 Å². The van der Waals surface area contributed by atoms with Gasteiger partial charge in [0.05, 0.1) is 5.75 Å². The second-order valence-corrected chi connectivity index (χ2v) is 3.80. The second kappa shape index (κ2) is 5.99. The first-order valence-corrected chi connectivity index (χ1v) is 5.61. The Labute approximate surface area is 82.3 Å². The minimum Gasteiger partial charge on any atom is -0.339 e. The Kier molecular flexibility index (Phi) is 4.85. The van der Waals surface area contributed by atoms with Crippen LogP contribution in [0.15, 0.2) is 4.52 Å². The second-order valence-electron chi connectivity index (χ2n) is 2.70. The molecule has 0 spiro atoms. The van der Waals surface area contributed by atoms with Crippen LogP contribution in [0.1, 0.15) is 25.1 Å². The van der Waals surface area contributed by atoms with Gasteiger partial charge in [-0.15, -0.1) is 0 Å². The largest absolute Gasteiger partial charge is 0.339 e. The first kappa shape index (κ1) is 10.5. The highest BCUT2D eigenvalue weighted by molar-refractivity contribution is 7.98. The smallest absolute Gasteiger partial charge is 0.227 e. The molecule has 0 unspecified atom stereocenters. The van der Waals surface area contributed by atoms with E-state index in [1.54, 1.807) is 0 Å². The number of hydrogen-bond donors (Lipinski definition) is 1. The molecule has 0 saturated carbocycles. The highest BCUT2D eigenvalue weighted by atomic mass is 32.2. The van der Waals surface area contributed by atoms with Gasteiger partial charge in [0.15, 0.2) is 5.82 Å². The van der Waals surface area contributed by atoms with E-state index < -0.39 is 0 Å². The van der Waals surface area contributed by atoms with E-state index in [0.29, 0.717) is 18.9 Å². The molecule has 4 nitrogen and oxygen atoms in total. The molecule has 0 saturated heterocycles. The summed E-state index contributed by atoms with van der Waals surface area (Å²) in [5, 5.41) is 3.84. The van der Waals surface area contributed by atoms with E-state index in [1.165, 1.54) is 6.42 Å². The van der Waals surface area contributed by atoms with Crippen LogP contribution in [0, 0.1) is 0 Å². The first-order chi connectivity index (χ1) is 6.36. The number of nitrogens with two attached hydrogens (primary N) is 1. The maximum Gasteiger partial charge on any atom is 0.227 e. The summed E-state index contributed by atoms with van der Waals surface area (Å²) < 4.78 is 4.98. The predicted molar refractivity (Wildman–Crippen MR) is 53.5 cm³/mol. The molecule has 74 valence electrons. The third kappa shape index (κ3) is 3.78. The quantitative estimate of drug-likeness (QED) is 0.701. The van der Waals surface area contributed by atoms with Gasteiger partial charge in [-0.2, -0.15) is 16.7 Å². The Morgan fingerprint density at radius 1 is 1.54 bits per heavy atom. The van der Waals surface area contributed by atoms with Crippen LogP contribution in [0.4, 0.5) is 0 Å². The van der Waals surface area contributed by atoms with Crippen LogP contribution in [0.3, 0.4) is 0 Å². The SMILES string of the molecule is CCCSCc1noc(CCN)n1. The molecule has 1 aromatic heterocycles. The van der Waals surface area contributed by atoms with Crippen molar-refractivity contribution >= 4 is 11.8 Å². The summed E-state index contributed by atoms with van der Waals surface area (Å²) in [7, 11) is 0. The van der Waals surface area contributed by atoms with Gasteiger partial charge in [-0.05, 0) is 12.2 Å². The lowest BCUT2D eigenvalue weighted by atomic mass is 10.4. The fraction of sp³-hybridized carbons (Fsp3) is 0.750. The summed E-state index contributed by atoms with van der Waals surface area (Å²) in [6.07, 6.45) is 1.85. The Bertz CT molecular complexity index is 239. The molecule has 0 atom stereocenters. The number of aromatic nitrogens is 2. The van der Waals surface area contributed by atoms with Crippen molar-refractivity contribution in [2.45, 2.75) is 25.5 Å². The molecule has 0 fully saturated rings. The van der Waals surface area contributed by atoms with E-state index >= 15 is 0 Å². The van der Waals surface area contributed by atoms with Gasteiger partial charge in [-0.25, -0.2) is 0 Å². The molecule has 5 heteroatoms. The van der Waals surface area contributed by atoms with Crippen molar-refractivity contribution < 1.29 is 4.52 Å². The van der Waals surface area contributed by atoms with Crippen LogP contribution in [0.2, 0.25) is 0 Å². The lowest BCUT2D eigenvalue weighted by molar-refractivity contribution is 0.376. The average molecular weight is 201 g/mol. The number of nitrogens with zero attached hydrogens (tertiary/aromatic N) is 2. The summed E-state index contributed by atoms with van der Waals surface area (Å²) in [4.78, 5) is 4.19. The van der Waals surface area contributed by atoms with Crippen LogP contribution in [-0.2, 0) is 12.2 Å². The van der Waals surface area contributed by atoms with Crippen molar-refractivity contribution in [1.82, 2.24) is 10.1 Å². The van der Waals surface area contributed by atoms with E-state index in [2.05, 4.69) is 17.1 Å². The molecular weight excluding hydrogens is 186 g/mol. The van der Waals surface area contributed by atoms with Gasteiger partial charge >= 0.3 is 0 Å². The van der Waals surface area contributed by atoms with Crippen molar-refractivity contribution in [2.24, 2.45) is 5.73 Å². The first-order valence-electron chi connectivity index (χ1n) is 4.46. The van der Waals surface area contributed by atoms with Crippen LogP contribution in [-0.4, -0.2) is 22.4 Å². The molecule has 1 rings (SSSR count). The van der Waals surface area contributed by atoms with Gasteiger partial charge in [-0.3, -0.25) is 0 Å². The number of thioether (sulfide) groups is 1. The van der Waals surface area contributed by atoms with Gasteiger partial charge in [0.25, 0.3) is 0 Å². The summed E-state index contributed by atoms with van der Waals surface area (Å²) >= 11 is 1.82. The third-order valence-electron chi connectivity index (χ3n) is 1.45. The lowest BCUT2D eigenvalue weighted by Gasteiger charge is -1.91.